The monoisotopic (exact) mass is 286 g/mol. The molecule has 0 aliphatic heterocycles. The van der Waals surface area contributed by atoms with Gasteiger partial charge in [-0.2, -0.15) is 0 Å². The van der Waals surface area contributed by atoms with Crippen LogP contribution in [0.3, 0.4) is 0 Å². The van der Waals surface area contributed by atoms with Gasteiger partial charge < -0.3 is 16.2 Å². The number of benzene rings is 1. The first-order valence-electron chi connectivity index (χ1n) is 6.31. The number of nitrogens with one attached hydrogen (secondary N) is 1. The Morgan fingerprint density at radius 2 is 2.00 bits per heavy atom. The van der Waals surface area contributed by atoms with Gasteiger partial charge in [-0.25, -0.2) is 8.78 Å². The van der Waals surface area contributed by atoms with Crippen molar-refractivity contribution >= 4 is 11.6 Å². The van der Waals surface area contributed by atoms with Crippen molar-refractivity contribution in [1.82, 2.24) is 5.32 Å². The molecule has 0 fully saturated rings. The molecule has 20 heavy (non-hydrogen) atoms. The highest BCUT2D eigenvalue weighted by Gasteiger charge is 2.19. The molecule has 0 bridgehead atoms. The summed E-state index contributed by atoms with van der Waals surface area (Å²) in [5, 5.41) is 12.1. The number of rotatable bonds is 4. The average Bonchev–Trinajstić information content (AvgIpc) is 2.28. The van der Waals surface area contributed by atoms with E-state index in [1.807, 2.05) is 20.8 Å². The minimum Gasteiger partial charge on any atom is -0.396 e. The van der Waals surface area contributed by atoms with Crippen molar-refractivity contribution in [3.05, 3.63) is 29.3 Å². The van der Waals surface area contributed by atoms with Crippen LogP contribution in [-0.4, -0.2) is 23.7 Å². The van der Waals surface area contributed by atoms with E-state index >= 15 is 0 Å². The van der Waals surface area contributed by atoms with Gasteiger partial charge in [0.2, 0.25) is 0 Å². The molecule has 4 N–H and O–H groups in total. The van der Waals surface area contributed by atoms with E-state index in [0.29, 0.717) is 6.42 Å². The predicted molar refractivity (Wildman–Crippen MR) is 73.2 cm³/mol. The lowest BCUT2D eigenvalue weighted by Gasteiger charge is -2.22. The average molecular weight is 286 g/mol. The van der Waals surface area contributed by atoms with Gasteiger partial charge in [-0.1, -0.05) is 20.8 Å². The Labute approximate surface area is 117 Å². The second kappa shape index (κ2) is 6.17. The molecule has 0 saturated carbocycles. The van der Waals surface area contributed by atoms with Crippen molar-refractivity contribution in [2.75, 3.05) is 12.3 Å². The van der Waals surface area contributed by atoms with E-state index in [9.17, 15) is 18.7 Å². The van der Waals surface area contributed by atoms with E-state index in [4.69, 9.17) is 5.73 Å². The summed E-state index contributed by atoms with van der Waals surface area (Å²) in [6.07, 6.45) is -0.283. The molecule has 0 aliphatic rings. The highest BCUT2D eigenvalue weighted by atomic mass is 19.1. The molecule has 4 nitrogen and oxygen atoms in total. The summed E-state index contributed by atoms with van der Waals surface area (Å²) in [6, 6.07) is 1.58. The minimum atomic E-state index is -0.964. The van der Waals surface area contributed by atoms with E-state index in [0.717, 1.165) is 12.1 Å². The van der Waals surface area contributed by atoms with E-state index in [2.05, 4.69) is 5.32 Å². The Morgan fingerprint density at radius 1 is 1.40 bits per heavy atom. The Morgan fingerprint density at radius 3 is 2.55 bits per heavy atom. The number of nitrogen functional groups attached to an aromatic ring is 1. The van der Waals surface area contributed by atoms with Crippen molar-refractivity contribution in [2.45, 2.75) is 33.3 Å². The van der Waals surface area contributed by atoms with Gasteiger partial charge >= 0.3 is 0 Å². The molecule has 1 atom stereocenters. The molecule has 0 spiro atoms. The Bertz CT molecular complexity index is 499. The maximum absolute atomic E-state index is 13.6. The maximum Gasteiger partial charge on any atom is 0.254 e. The highest BCUT2D eigenvalue weighted by Crippen LogP contribution is 2.21. The molecule has 6 heteroatoms. The van der Waals surface area contributed by atoms with Gasteiger partial charge in [0.05, 0.1) is 17.4 Å². The summed E-state index contributed by atoms with van der Waals surface area (Å²) in [5.74, 6) is -2.56. The first-order valence-corrected chi connectivity index (χ1v) is 6.31. The number of amides is 1. The quantitative estimate of drug-likeness (QED) is 0.742. The number of aliphatic hydroxyl groups excluding tert-OH is 1. The molecule has 1 aromatic rings. The lowest BCUT2D eigenvalue weighted by molar-refractivity contribution is 0.0864. The van der Waals surface area contributed by atoms with Gasteiger partial charge in [-0.15, -0.1) is 0 Å². The van der Waals surface area contributed by atoms with Crippen LogP contribution in [0.25, 0.3) is 0 Å². The third-order valence-electron chi connectivity index (χ3n) is 2.66. The van der Waals surface area contributed by atoms with E-state index in [1.54, 1.807) is 0 Å². The van der Waals surface area contributed by atoms with Crippen LogP contribution in [0.5, 0.6) is 0 Å². The maximum atomic E-state index is 13.6. The van der Waals surface area contributed by atoms with Crippen molar-refractivity contribution in [1.29, 1.82) is 0 Å². The summed E-state index contributed by atoms with van der Waals surface area (Å²) < 4.78 is 26.7. The molecule has 0 aromatic heterocycles. The molecule has 1 rings (SSSR count). The molecular formula is C14H20F2N2O2. The largest absolute Gasteiger partial charge is 0.396 e. The Kier molecular flexibility index (Phi) is 5.05. The van der Waals surface area contributed by atoms with E-state index in [1.165, 1.54) is 0 Å². The smallest absolute Gasteiger partial charge is 0.254 e. The molecular weight excluding hydrogens is 266 g/mol. The Hall–Kier alpha value is -1.69. The van der Waals surface area contributed by atoms with Crippen LogP contribution in [-0.2, 0) is 0 Å². The van der Waals surface area contributed by atoms with Crippen molar-refractivity contribution in [3.8, 4) is 0 Å². The third kappa shape index (κ3) is 4.77. The van der Waals surface area contributed by atoms with Crippen LogP contribution in [0.1, 0.15) is 37.6 Å². The van der Waals surface area contributed by atoms with E-state index < -0.39 is 34.9 Å². The summed E-state index contributed by atoms with van der Waals surface area (Å²) in [7, 11) is 0. The lowest BCUT2D eigenvalue weighted by atomic mass is 9.89. The molecule has 1 aromatic carbocycles. The van der Waals surface area contributed by atoms with Crippen LogP contribution in [0.15, 0.2) is 12.1 Å². The van der Waals surface area contributed by atoms with E-state index in [-0.39, 0.29) is 12.0 Å². The van der Waals surface area contributed by atoms with Crippen molar-refractivity contribution in [2.24, 2.45) is 5.41 Å². The summed E-state index contributed by atoms with van der Waals surface area (Å²) in [6.45, 7) is 5.81. The lowest BCUT2D eigenvalue weighted by Crippen LogP contribution is -2.34. The SMILES string of the molecule is CC(C)(C)CC(O)CNC(=O)c1cc(F)cc(N)c1F. The number of halogens is 2. The summed E-state index contributed by atoms with van der Waals surface area (Å²) in [5.41, 5.74) is 4.26. The number of anilines is 1. The molecule has 1 amide bonds. The molecule has 1 unspecified atom stereocenters. The zero-order chi connectivity index (χ0) is 15.5. The number of aliphatic hydroxyl groups is 1. The molecule has 112 valence electrons. The van der Waals surface area contributed by atoms with Gasteiger partial charge in [-0.05, 0) is 24.0 Å². The first kappa shape index (κ1) is 16.4. The zero-order valence-corrected chi connectivity index (χ0v) is 11.8. The highest BCUT2D eigenvalue weighted by molar-refractivity contribution is 5.95. The number of carbonyl (C=O) groups excluding carboxylic acids is 1. The van der Waals surface area contributed by atoms with Crippen molar-refractivity contribution in [3.63, 3.8) is 0 Å². The third-order valence-corrected chi connectivity index (χ3v) is 2.66. The second-order valence-electron chi connectivity index (χ2n) is 5.99. The van der Waals surface area contributed by atoms with Crippen LogP contribution >= 0.6 is 0 Å². The second-order valence-corrected chi connectivity index (χ2v) is 5.99. The molecule has 0 saturated heterocycles. The van der Waals surface area contributed by atoms with Gasteiger partial charge in [0.15, 0.2) is 5.82 Å². The zero-order valence-electron chi connectivity index (χ0n) is 11.8. The number of carbonyl (C=O) groups is 1. The normalized spacial score (nSPS) is 13.1. The van der Waals surface area contributed by atoms with Crippen LogP contribution in [0.4, 0.5) is 14.5 Å². The fraction of sp³-hybridized carbons (Fsp3) is 0.500. The van der Waals surface area contributed by atoms with Gasteiger partial charge in [0.1, 0.15) is 5.82 Å². The summed E-state index contributed by atoms with van der Waals surface area (Å²) >= 11 is 0. The summed E-state index contributed by atoms with van der Waals surface area (Å²) in [4.78, 5) is 11.8. The molecule has 0 radical (unpaired) electrons. The number of nitrogens with two attached hydrogens (primary N) is 1. The fourth-order valence-electron chi connectivity index (χ4n) is 1.86. The minimum absolute atomic E-state index is 0.0358. The van der Waals surface area contributed by atoms with Crippen LogP contribution in [0.2, 0.25) is 0 Å². The van der Waals surface area contributed by atoms with Crippen molar-refractivity contribution < 1.29 is 18.7 Å². The number of hydrogen-bond acceptors (Lipinski definition) is 3. The topological polar surface area (TPSA) is 75.3 Å². The first-order chi connectivity index (χ1) is 9.10. The molecule has 0 heterocycles. The van der Waals surface area contributed by atoms with Gasteiger partial charge in [-0.3, -0.25) is 4.79 Å². The van der Waals surface area contributed by atoms with Crippen LogP contribution in [0, 0.1) is 17.0 Å². The molecule has 0 aliphatic carbocycles. The number of hydrogen-bond donors (Lipinski definition) is 3. The van der Waals surface area contributed by atoms with Gasteiger partial charge in [0.25, 0.3) is 5.91 Å². The van der Waals surface area contributed by atoms with Gasteiger partial charge in [0, 0.05) is 6.54 Å². The Balaban J connectivity index is 2.69. The predicted octanol–water partition coefficient (Wildman–Crippen LogP) is 2.07. The standard InChI is InChI=1S/C14H20F2N2O2/c1-14(2,3)6-9(19)7-18-13(20)10-4-8(15)5-11(17)12(10)16/h4-5,9,19H,6-7,17H2,1-3H3,(H,18,20). The fourth-order valence-corrected chi connectivity index (χ4v) is 1.86. The van der Waals surface area contributed by atoms with Crippen LogP contribution < -0.4 is 11.1 Å².